The van der Waals surface area contributed by atoms with E-state index in [0.717, 1.165) is 6.42 Å². The maximum absolute atomic E-state index is 13.8. The van der Waals surface area contributed by atoms with Crippen LogP contribution < -0.4 is 14.8 Å². The predicted molar refractivity (Wildman–Crippen MR) is 185 cm³/mol. The number of hydrogen-bond donors (Lipinski definition) is 1. The van der Waals surface area contributed by atoms with Crippen LogP contribution in [-0.4, -0.2) is 81.7 Å². The number of hydrogen-bond acceptors (Lipinski definition) is 8. The molecule has 0 radical (unpaired) electrons. The van der Waals surface area contributed by atoms with E-state index in [1.165, 1.54) is 4.68 Å². The van der Waals surface area contributed by atoms with Crippen LogP contribution in [0.15, 0.2) is 36.4 Å². The molecule has 0 saturated heterocycles. The van der Waals surface area contributed by atoms with E-state index in [4.69, 9.17) is 9.47 Å². The molecule has 4 rings (SSSR count). The van der Waals surface area contributed by atoms with Gasteiger partial charge in [0.1, 0.15) is 36.0 Å². The molecular weight excluding hydrogens is 612 g/mol. The van der Waals surface area contributed by atoms with Gasteiger partial charge in [0, 0.05) is 54.4 Å². The molecule has 12 nitrogen and oxygen atoms in total. The third-order valence-corrected chi connectivity index (χ3v) is 8.20. The molecule has 12 heteroatoms. The summed E-state index contributed by atoms with van der Waals surface area (Å²) in [7, 11) is 3.11. The van der Waals surface area contributed by atoms with Crippen molar-refractivity contribution >= 4 is 45.2 Å². The Labute approximate surface area is 281 Å². The van der Waals surface area contributed by atoms with E-state index in [1.54, 1.807) is 60.2 Å². The average molecular weight is 661 g/mol. The second kappa shape index (κ2) is 15.0. The fourth-order valence-electron chi connectivity index (χ4n) is 5.30. The van der Waals surface area contributed by atoms with Gasteiger partial charge in [-0.25, -0.2) is 0 Å². The Morgan fingerprint density at radius 1 is 0.771 bits per heavy atom. The highest BCUT2D eigenvalue weighted by Crippen LogP contribution is 2.27. The van der Waals surface area contributed by atoms with Crippen LogP contribution in [0.5, 0.6) is 11.5 Å². The van der Waals surface area contributed by atoms with Crippen molar-refractivity contribution in [3.63, 3.8) is 0 Å². The van der Waals surface area contributed by atoms with Crippen LogP contribution in [0.25, 0.3) is 21.8 Å². The summed E-state index contributed by atoms with van der Waals surface area (Å²) < 4.78 is 13.9. The van der Waals surface area contributed by atoms with Crippen molar-refractivity contribution in [2.45, 2.75) is 68.0 Å². The first-order valence-electron chi connectivity index (χ1n) is 16.4. The van der Waals surface area contributed by atoms with Crippen molar-refractivity contribution < 1.29 is 28.7 Å². The monoisotopic (exact) mass is 660 g/mol. The minimum Gasteiger partial charge on any atom is -0.497 e. The summed E-state index contributed by atoms with van der Waals surface area (Å²) in [4.78, 5) is 54.6. The number of Topliss-reactive ketones (excluding diaryl/α,β-unsaturated/α-hetero) is 2. The van der Waals surface area contributed by atoms with Crippen molar-refractivity contribution in [3.8, 4) is 11.5 Å². The number of rotatable bonds is 15. The molecule has 258 valence electrons. The van der Waals surface area contributed by atoms with Crippen LogP contribution in [0.2, 0.25) is 0 Å². The molecule has 2 amide bonds. The van der Waals surface area contributed by atoms with Crippen molar-refractivity contribution in [2.75, 3.05) is 33.9 Å². The Hall–Kier alpha value is -4.74. The Morgan fingerprint density at radius 2 is 1.25 bits per heavy atom. The Balaban J connectivity index is 1.52. The van der Waals surface area contributed by atoms with Gasteiger partial charge in [0.15, 0.2) is 11.6 Å². The van der Waals surface area contributed by atoms with E-state index in [2.05, 4.69) is 36.3 Å². The second-order valence-electron chi connectivity index (χ2n) is 13.9. The van der Waals surface area contributed by atoms with Gasteiger partial charge < -0.3 is 19.7 Å². The maximum Gasteiger partial charge on any atom is 0.244 e. The van der Waals surface area contributed by atoms with Crippen molar-refractivity contribution in [1.29, 1.82) is 0 Å². The van der Waals surface area contributed by atoms with E-state index in [-0.39, 0.29) is 66.8 Å². The minimum atomic E-state index is -0.309. The third-order valence-electron chi connectivity index (χ3n) is 8.20. The lowest BCUT2D eigenvalue weighted by molar-refractivity contribution is -0.132. The zero-order valence-electron chi connectivity index (χ0n) is 29.5. The summed E-state index contributed by atoms with van der Waals surface area (Å²) in [6, 6.07) is 10.7. The number of aromatic nitrogens is 4. The topological polar surface area (TPSA) is 138 Å². The van der Waals surface area contributed by atoms with E-state index >= 15 is 0 Å². The zero-order chi connectivity index (χ0) is 35.3. The number of carbonyl (C=O) groups excluding carboxylic acids is 4. The van der Waals surface area contributed by atoms with Gasteiger partial charge in [0.05, 0.1) is 25.3 Å². The highest BCUT2D eigenvalue weighted by Gasteiger charge is 2.25. The fourth-order valence-corrected chi connectivity index (χ4v) is 5.30. The number of ketones is 2. The van der Waals surface area contributed by atoms with E-state index in [9.17, 15) is 19.2 Å². The normalized spacial score (nSPS) is 11.8. The van der Waals surface area contributed by atoms with Crippen LogP contribution in [0.1, 0.15) is 75.9 Å². The summed E-state index contributed by atoms with van der Waals surface area (Å²) in [5.74, 6) is -0.0457. The molecule has 2 heterocycles. The molecule has 48 heavy (non-hydrogen) atoms. The Morgan fingerprint density at radius 3 is 1.69 bits per heavy atom. The first-order chi connectivity index (χ1) is 22.6. The average Bonchev–Trinajstić information content (AvgIpc) is 3.58. The summed E-state index contributed by atoms with van der Waals surface area (Å²) in [5.41, 5.74) is 1.86. The van der Waals surface area contributed by atoms with Gasteiger partial charge in [0.25, 0.3) is 0 Å². The lowest BCUT2D eigenvalue weighted by Crippen LogP contribution is -2.42. The number of carbonyl (C=O) groups is 4. The largest absolute Gasteiger partial charge is 0.497 e. The van der Waals surface area contributed by atoms with E-state index in [1.807, 2.05) is 27.7 Å². The van der Waals surface area contributed by atoms with Crippen molar-refractivity contribution in [1.82, 2.24) is 29.8 Å². The van der Waals surface area contributed by atoms with E-state index in [0.29, 0.717) is 51.2 Å². The lowest BCUT2D eigenvalue weighted by Gasteiger charge is -2.27. The SMILES string of the molecule is COc1ccc2c(C(=O)C(C)C)nn(CC(=O)NCCN(CCC(C)(C)C)C(=O)Cn3nc(C(=O)C(C)C)c4ccc(OC)cc43)c2c1. The summed E-state index contributed by atoms with van der Waals surface area (Å²) in [6.45, 7) is 14.3. The molecule has 2 aromatic carbocycles. The number of benzene rings is 2. The second-order valence-corrected chi connectivity index (χ2v) is 13.9. The van der Waals surface area contributed by atoms with Crippen molar-refractivity contribution in [3.05, 3.63) is 47.8 Å². The molecular formula is C36H48N6O6. The molecule has 1 N–H and O–H groups in total. The molecule has 4 aromatic rings. The fraction of sp³-hybridized carbons (Fsp3) is 0.500. The molecule has 0 fully saturated rings. The zero-order valence-corrected chi connectivity index (χ0v) is 29.5. The van der Waals surface area contributed by atoms with Crippen LogP contribution in [-0.2, 0) is 22.7 Å². The van der Waals surface area contributed by atoms with Gasteiger partial charge in [-0.15, -0.1) is 0 Å². The number of nitrogens with zero attached hydrogens (tertiary/aromatic N) is 5. The molecule has 0 saturated carbocycles. The highest BCUT2D eigenvalue weighted by atomic mass is 16.5. The molecule has 0 aliphatic carbocycles. The number of fused-ring (bicyclic) bond motifs is 2. The predicted octanol–water partition coefficient (Wildman–Crippen LogP) is 5.16. The lowest BCUT2D eigenvalue weighted by atomic mass is 9.92. The summed E-state index contributed by atoms with van der Waals surface area (Å²) in [6.07, 6.45) is 0.741. The third kappa shape index (κ3) is 8.39. The summed E-state index contributed by atoms with van der Waals surface area (Å²) in [5, 5.41) is 13.3. The highest BCUT2D eigenvalue weighted by molar-refractivity contribution is 6.08. The first-order valence-corrected chi connectivity index (χ1v) is 16.4. The van der Waals surface area contributed by atoms with Gasteiger partial charge >= 0.3 is 0 Å². The number of ether oxygens (including phenoxy) is 2. The van der Waals surface area contributed by atoms with Crippen LogP contribution >= 0.6 is 0 Å². The van der Waals surface area contributed by atoms with Crippen LogP contribution in [0.4, 0.5) is 0 Å². The summed E-state index contributed by atoms with van der Waals surface area (Å²) >= 11 is 0. The first kappa shape index (κ1) is 36.1. The van der Waals surface area contributed by atoms with Gasteiger partial charge in [-0.1, -0.05) is 48.5 Å². The molecule has 0 atom stereocenters. The number of nitrogens with one attached hydrogen (secondary N) is 1. The Bertz CT molecular complexity index is 1810. The number of methoxy groups -OCH3 is 2. The molecule has 0 aliphatic heterocycles. The smallest absolute Gasteiger partial charge is 0.244 e. The van der Waals surface area contributed by atoms with Gasteiger partial charge in [-0.3, -0.25) is 28.5 Å². The molecule has 0 unspecified atom stereocenters. The standard InChI is InChI=1S/C36H48N6O6/c1-22(2)34(45)32-26-12-10-24(47-8)18-28(26)41(38-32)20-30(43)37-15-17-40(16-14-36(5,6)7)31(44)21-42-29-19-25(48-9)11-13-27(29)33(39-42)35(46)23(3)4/h10-13,18-19,22-23H,14-17,20-21H2,1-9H3,(H,37,43). The molecule has 0 aliphatic rings. The quantitative estimate of drug-likeness (QED) is 0.173. The van der Waals surface area contributed by atoms with Crippen molar-refractivity contribution in [2.24, 2.45) is 17.3 Å². The van der Waals surface area contributed by atoms with Crippen LogP contribution in [0.3, 0.4) is 0 Å². The van der Waals surface area contributed by atoms with E-state index < -0.39 is 0 Å². The van der Waals surface area contributed by atoms with Gasteiger partial charge in [-0.05, 0) is 36.1 Å². The van der Waals surface area contributed by atoms with Crippen LogP contribution in [0, 0.1) is 17.3 Å². The maximum atomic E-state index is 13.8. The molecule has 0 spiro atoms. The molecule has 0 bridgehead atoms. The van der Waals surface area contributed by atoms with Gasteiger partial charge in [0.2, 0.25) is 11.8 Å². The number of amides is 2. The van der Waals surface area contributed by atoms with Gasteiger partial charge in [-0.2, -0.15) is 10.2 Å². The minimum absolute atomic E-state index is 0.0300. The Kier molecular flexibility index (Phi) is 11.3. The molecule has 2 aromatic heterocycles.